The summed E-state index contributed by atoms with van der Waals surface area (Å²) < 4.78 is 10.5. The molecule has 0 aliphatic rings. The molecule has 3 aromatic rings. The lowest BCUT2D eigenvalue weighted by Crippen LogP contribution is -1.89. The van der Waals surface area contributed by atoms with Gasteiger partial charge in [0.2, 0.25) is 0 Å². The van der Waals surface area contributed by atoms with Crippen molar-refractivity contribution < 1.29 is 9.47 Å². The maximum Gasteiger partial charge on any atom is 0.195 e. The minimum atomic E-state index is 0.0830. The molecule has 3 nitrogen and oxygen atoms in total. The number of hydrogen-bond acceptors (Lipinski definition) is 3. The first-order valence-corrected chi connectivity index (χ1v) is 6.33. The first-order valence-electron chi connectivity index (χ1n) is 6.33. The van der Waals surface area contributed by atoms with Crippen LogP contribution in [0.1, 0.15) is 0 Å². The Kier molecular flexibility index (Phi) is 3.03. The summed E-state index contributed by atoms with van der Waals surface area (Å²) in [5.74, 6) is 1.36. The van der Waals surface area contributed by atoms with Gasteiger partial charge < -0.3 is 9.47 Å². The highest BCUT2D eigenvalue weighted by Crippen LogP contribution is 2.40. The third kappa shape index (κ3) is 1.97. The van der Waals surface area contributed by atoms with Gasteiger partial charge in [-0.05, 0) is 17.7 Å². The molecule has 0 radical (unpaired) electrons. The normalized spacial score (nSPS) is 10.7. The van der Waals surface area contributed by atoms with E-state index in [1.807, 2.05) is 42.5 Å². The molecule has 0 aliphatic heterocycles. The van der Waals surface area contributed by atoms with Crippen molar-refractivity contribution in [3.05, 3.63) is 58.8 Å². The van der Waals surface area contributed by atoms with Gasteiger partial charge in [0.1, 0.15) is 11.5 Å². The molecular formula is C17H14O3. The summed E-state index contributed by atoms with van der Waals surface area (Å²) >= 11 is 0. The van der Waals surface area contributed by atoms with Gasteiger partial charge >= 0.3 is 0 Å². The molecule has 0 N–H and O–H groups in total. The Hall–Kier alpha value is -2.55. The average molecular weight is 266 g/mol. The van der Waals surface area contributed by atoms with E-state index in [-0.39, 0.29) is 5.43 Å². The zero-order valence-electron chi connectivity index (χ0n) is 11.3. The van der Waals surface area contributed by atoms with E-state index in [0.29, 0.717) is 11.5 Å². The van der Waals surface area contributed by atoms with Crippen LogP contribution < -0.4 is 14.9 Å². The highest BCUT2D eigenvalue weighted by Gasteiger charge is 2.27. The fraction of sp³-hybridized carbons (Fsp3) is 0.118. The highest BCUT2D eigenvalue weighted by molar-refractivity contribution is 5.96. The maximum absolute atomic E-state index is 12.1. The third-order valence-electron chi connectivity index (χ3n) is 3.38. The second kappa shape index (κ2) is 4.85. The Morgan fingerprint density at radius 3 is 2.25 bits per heavy atom. The Morgan fingerprint density at radius 2 is 1.60 bits per heavy atom. The third-order valence-corrected chi connectivity index (χ3v) is 3.38. The average Bonchev–Trinajstić information content (AvgIpc) is 3.18. The van der Waals surface area contributed by atoms with Crippen molar-refractivity contribution in [2.75, 3.05) is 14.2 Å². The van der Waals surface area contributed by atoms with Crippen LogP contribution in [-0.2, 0) is 0 Å². The standard InChI is InChI=1S/C17H14O3/c1-19-12-8-9-13(14(10-12)20-2)16-15(17(16)18)11-6-4-3-5-7-11/h3-10H,1-2H3. The molecular weight excluding hydrogens is 252 g/mol. The van der Waals surface area contributed by atoms with Crippen LogP contribution in [0.5, 0.6) is 11.5 Å². The molecule has 0 aliphatic carbocycles. The number of methoxy groups -OCH3 is 2. The molecule has 0 aromatic heterocycles. The molecule has 0 amide bonds. The van der Waals surface area contributed by atoms with Crippen molar-refractivity contribution in [2.24, 2.45) is 0 Å². The highest BCUT2D eigenvalue weighted by atomic mass is 16.5. The van der Waals surface area contributed by atoms with Crippen molar-refractivity contribution >= 4 is 0 Å². The van der Waals surface area contributed by atoms with E-state index in [9.17, 15) is 4.79 Å². The molecule has 3 rings (SSSR count). The van der Waals surface area contributed by atoms with Crippen molar-refractivity contribution in [1.29, 1.82) is 0 Å². The molecule has 3 aromatic carbocycles. The van der Waals surface area contributed by atoms with Crippen LogP contribution in [-0.4, -0.2) is 14.2 Å². The lowest BCUT2D eigenvalue weighted by Gasteiger charge is -2.07. The van der Waals surface area contributed by atoms with Gasteiger partial charge in [0.25, 0.3) is 0 Å². The van der Waals surface area contributed by atoms with Gasteiger partial charge in [0.15, 0.2) is 5.43 Å². The van der Waals surface area contributed by atoms with Gasteiger partial charge in [-0.2, -0.15) is 0 Å². The number of benzene rings is 2. The van der Waals surface area contributed by atoms with Crippen molar-refractivity contribution in [2.45, 2.75) is 0 Å². The first-order chi connectivity index (χ1) is 9.76. The maximum atomic E-state index is 12.1. The van der Waals surface area contributed by atoms with Crippen molar-refractivity contribution in [3.63, 3.8) is 0 Å². The van der Waals surface area contributed by atoms with Gasteiger partial charge in [0.05, 0.1) is 14.2 Å². The SMILES string of the molecule is COc1ccc(-c2c(-c3ccccc3)c2=O)c(OC)c1. The van der Waals surface area contributed by atoms with E-state index < -0.39 is 0 Å². The van der Waals surface area contributed by atoms with Gasteiger partial charge in [-0.15, -0.1) is 0 Å². The lowest BCUT2D eigenvalue weighted by atomic mass is 10.1. The number of ether oxygens (including phenoxy) is 2. The van der Waals surface area contributed by atoms with Crippen molar-refractivity contribution in [3.8, 4) is 33.8 Å². The smallest absolute Gasteiger partial charge is 0.195 e. The largest absolute Gasteiger partial charge is 0.497 e. The summed E-state index contributed by atoms with van der Waals surface area (Å²) in [5, 5.41) is 0. The van der Waals surface area contributed by atoms with Gasteiger partial charge in [0, 0.05) is 22.8 Å². The van der Waals surface area contributed by atoms with E-state index in [1.165, 1.54) is 0 Å². The second-order valence-electron chi connectivity index (χ2n) is 4.51. The Balaban J connectivity index is 2.06. The molecule has 3 heteroatoms. The van der Waals surface area contributed by atoms with Gasteiger partial charge in [-0.1, -0.05) is 30.3 Å². The molecule has 0 spiro atoms. The summed E-state index contributed by atoms with van der Waals surface area (Å²) in [7, 11) is 3.19. The molecule has 0 heterocycles. The van der Waals surface area contributed by atoms with Crippen molar-refractivity contribution in [1.82, 2.24) is 0 Å². The molecule has 0 fully saturated rings. The van der Waals surface area contributed by atoms with E-state index in [2.05, 4.69) is 0 Å². The fourth-order valence-corrected chi connectivity index (χ4v) is 2.31. The van der Waals surface area contributed by atoms with E-state index >= 15 is 0 Å². The summed E-state index contributed by atoms with van der Waals surface area (Å²) in [6, 6.07) is 15.2. The van der Waals surface area contributed by atoms with E-state index in [1.54, 1.807) is 20.3 Å². The van der Waals surface area contributed by atoms with Crippen LogP contribution >= 0.6 is 0 Å². The molecule has 20 heavy (non-hydrogen) atoms. The number of rotatable bonds is 4. The van der Waals surface area contributed by atoms with Crippen LogP contribution in [0, 0.1) is 0 Å². The predicted octanol–water partition coefficient (Wildman–Crippen LogP) is 3.27. The minimum Gasteiger partial charge on any atom is -0.497 e. The monoisotopic (exact) mass is 266 g/mol. The van der Waals surface area contributed by atoms with Gasteiger partial charge in [-0.25, -0.2) is 0 Å². The van der Waals surface area contributed by atoms with Crippen LogP contribution in [0.4, 0.5) is 0 Å². The summed E-state index contributed by atoms with van der Waals surface area (Å²) in [6.45, 7) is 0. The molecule has 0 atom stereocenters. The molecule has 100 valence electrons. The second-order valence-corrected chi connectivity index (χ2v) is 4.51. The van der Waals surface area contributed by atoms with Crippen LogP contribution in [0.2, 0.25) is 0 Å². The quantitative estimate of drug-likeness (QED) is 0.727. The molecule has 0 saturated heterocycles. The predicted molar refractivity (Wildman–Crippen MR) is 79.1 cm³/mol. The van der Waals surface area contributed by atoms with E-state index in [4.69, 9.17) is 9.47 Å². The summed E-state index contributed by atoms with van der Waals surface area (Å²) in [6.07, 6.45) is 0. The zero-order chi connectivity index (χ0) is 14.1. The van der Waals surface area contributed by atoms with Crippen LogP contribution in [0.15, 0.2) is 53.3 Å². The molecule has 0 bridgehead atoms. The number of hydrogen-bond donors (Lipinski definition) is 0. The van der Waals surface area contributed by atoms with Gasteiger partial charge in [-0.3, -0.25) is 4.79 Å². The lowest BCUT2D eigenvalue weighted by molar-refractivity contribution is 0.395. The Bertz CT molecular complexity index is 750. The van der Waals surface area contributed by atoms with Crippen LogP contribution in [0.3, 0.4) is 0 Å². The summed E-state index contributed by atoms with van der Waals surface area (Å²) in [5.41, 5.74) is 3.35. The Labute approximate surface area is 117 Å². The molecule has 0 unspecified atom stereocenters. The topological polar surface area (TPSA) is 35.5 Å². The Morgan fingerprint density at radius 1 is 0.850 bits per heavy atom. The van der Waals surface area contributed by atoms with Crippen LogP contribution in [0.25, 0.3) is 22.3 Å². The fourth-order valence-electron chi connectivity index (χ4n) is 2.31. The zero-order valence-corrected chi connectivity index (χ0v) is 11.3. The summed E-state index contributed by atoms with van der Waals surface area (Å²) in [4.78, 5) is 12.1. The van der Waals surface area contributed by atoms with E-state index in [0.717, 1.165) is 22.3 Å². The first kappa shape index (κ1) is 12.5. The minimum absolute atomic E-state index is 0.0830. The molecule has 0 saturated carbocycles.